The monoisotopic (exact) mass is 209 g/mol. The van der Waals surface area contributed by atoms with Crippen molar-refractivity contribution in [2.45, 2.75) is 19.4 Å². The summed E-state index contributed by atoms with van der Waals surface area (Å²) < 4.78 is 5.36. The van der Waals surface area contributed by atoms with E-state index in [2.05, 4.69) is 0 Å². The number of aliphatic carboxylic acids is 1. The van der Waals surface area contributed by atoms with Gasteiger partial charge in [0.15, 0.2) is 0 Å². The summed E-state index contributed by atoms with van der Waals surface area (Å²) in [7, 11) is 0. The molecule has 15 heavy (non-hydrogen) atoms. The van der Waals surface area contributed by atoms with Gasteiger partial charge in [-0.1, -0.05) is 12.1 Å². The molecule has 0 saturated carbocycles. The van der Waals surface area contributed by atoms with E-state index in [-0.39, 0.29) is 13.0 Å². The van der Waals surface area contributed by atoms with Gasteiger partial charge in [0.1, 0.15) is 12.4 Å². The lowest BCUT2D eigenvalue weighted by Gasteiger charge is -2.11. The van der Waals surface area contributed by atoms with Gasteiger partial charge in [0.25, 0.3) is 0 Å². The maximum atomic E-state index is 10.3. The molecule has 4 heteroatoms. The standard InChI is InChI=1S/C11H15NO3/c1-8-3-2-4-10(5-8)15-7-9(12)6-11(13)14/h2-5,9H,6-7,12H2,1H3,(H,13,14). The number of hydrogen-bond donors (Lipinski definition) is 2. The van der Waals surface area contributed by atoms with E-state index in [9.17, 15) is 4.79 Å². The highest BCUT2D eigenvalue weighted by Gasteiger charge is 2.08. The average molecular weight is 209 g/mol. The summed E-state index contributed by atoms with van der Waals surface area (Å²) in [6.07, 6.45) is -0.0776. The fourth-order valence-corrected chi connectivity index (χ4v) is 1.19. The maximum Gasteiger partial charge on any atom is 0.305 e. The molecule has 1 unspecified atom stereocenters. The lowest BCUT2D eigenvalue weighted by Crippen LogP contribution is -2.30. The number of carboxylic acids is 1. The number of ether oxygens (including phenoxy) is 1. The molecule has 1 aromatic carbocycles. The van der Waals surface area contributed by atoms with Crippen LogP contribution in [0.1, 0.15) is 12.0 Å². The highest BCUT2D eigenvalue weighted by molar-refractivity contribution is 5.67. The first-order chi connectivity index (χ1) is 7.08. The number of aryl methyl sites for hydroxylation is 1. The van der Waals surface area contributed by atoms with E-state index < -0.39 is 12.0 Å². The van der Waals surface area contributed by atoms with Crippen molar-refractivity contribution < 1.29 is 14.6 Å². The van der Waals surface area contributed by atoms with Gasteiger partial charge >= 0.3 is 5.97 Å². The number of carboxylic acid groups (broad SMARTS) is 1. The summed E-state index contributed by atoms with van der Waals surface area (Å²) in [6.45, 7) is 2.18. The van der Waals surface area contributed by atoms with Crippen LogP contribution in [0.3, 0.4) is 0 Å². The van der Waals surface area contributed by atoms with Crippen LogP contribution in [-0.4, -0.2) is 23.7 Å². The third kappa shape index (κ3) is 4.46. The second-order valence-corrected chi connectivity index (χ2v) is 3.49. The van der Waals surface area contributed by atoms with Crippen molar-refractivity contribution in [1.29, 1.82) is 0 Å². The Morgan fingerprint density at radius 3 is 2.93 bits per heavy atom. The van der Waals surface area contributed by atoms with E-state index >= 15 is 0 Å². The summed E-state index contributed by atoms with van der Waals surface area (Å²) >= 11 is 0. The maximum absolute atomic E-state index is 10.3. The average Bonchev–Trinajstić information content (AvgIpc) is 2.14. The van der Waals surface area contributed by atoms with E-state index in [4.69, 9.17) is 15.6 Å². The second kappa shape index (κ2) is 5.36. The van der Waals surface area contributed by atoms with Crippen LogP contribution in [0.25, 0.3) is 0 Å². The largest absolute Gasteiger partial charge is 0.492 e. The molecule has 3 N–H and O–H groups in total. The molecule has 1 rings (SSSR count). The quantitative estimate of drug-likeness (QED) is 0.763. The highest BCUT2D eigenvalue weighted by atomic mass is 16.5. The van der Waals surface area contributed by atoms with Crippen LogP contribution in [0.4, 0.5) is 0 Å². The third-order valence-corrected chi connectivity index (χ3v) is 1.89. The zero-order chi connectivity index (χ0) is 11.3. The SMILES string of the molecule is Cc1cccc(OCC(N)CC(=O)O)c1. The molecule has 0 aliphatic heterocycles. The smallest absolute Gasteiger partial charge is 0.305 e. The van der Waals surface area contributed by atoms with Crippen LogP contribution in [0.15, 0.2) is 24.3 Å². The van der Waals surface area contributed by atoms with Crippen molar-refractivity contribution >= 4 is 5.97 Å². The van der Waals surface area contributed by atoms with Gasteiger partial charge in [0, 0.05) is 6.04 Å². The number of carbonyl (C=O) groups is 1. The molecule has 82 valence electrons. The van der Waals surface area contributed by atoms with Crippen LogP contribution < -0.4 is 10.5 Å². The number of benzene rings is 1. The van der Waals surface area contributed by atoms with Gasteiger partial charge in [-0.25, -0.2) is 0 Å². The zero-order valence-corrected chi connectivity index (χ0v) is 8.64. The number of nitrogens with two attached hydrogens (primary N) is 1. The van der Waals surface area contributed by atoms with E-state index in [1.165, 1.54) is 0 Å². The van der Waals surface area contributed by atoms with Crippen molar-refractivity contribution in [2.75, 3.05) is 6.61 Å². The Labute approximate surface area is 88.7 Å². The van der Waals surface area contributed by atoms with Crippen molar-refractivity contribution in [3.8, 4) is 5.75 Å². The summed E-state index contributed by atoms with van der Waals surface area (Å²) in [5, 5.41) is 8.49. The summed E-state index contributed by atoms with van der Waals surface area (Å²) in [5.41, 5.74) is 6.65. The Morgan fingerprint density at radius 1 is 1.60 bits per heavy atom. The predicted octanol–water partition coefficient (Wildman–Crippen LogP) is 1.18. The second-order valence-electron chi connectivity index (χ2n) is 3.49. The van der Waals surface area contributed by atoms with Crippen molar-refractivity contribution in [3.05, 3.63) is 29.8 Å². The number of hydrogen-bond acceptors (Lipinski definition) is 3. The molecule has 0 heterocycles. The first-order valence-corrected chi connectivity index (χ1v) is 4.75. The molecular weight excluding hydrogens is 194 g/mol. The molecule has 0 bridgehead atoms. The fourth-order valence-electron chi connectivity index (χ4n) is 1.19. The zero-order valence-electron chi connectivity index (χ0n) is 8.64. The minimum Gasteiger partial charge on any atom is -0.492 e. The lowest BCUT2D eigenvalue weighted by atomic mass is 10.2. The topological polar surface area (TPSA) is 72.5 Å². The van der Waals surface area contributed by atoms with Crippen LogP contribution >= 0.6 is 0 Å². The van der Waals surface area contributed by atoms with Gasteiger partial charge in [-0.15, -0.1) is 0 Å². The van der Waals surface area contributed by atoms with Gasteiger partial charge in [-0.3, -0.25) is 4.79 Å². The fraction of sp³-hybridized carbons (Fsp3) is 0.364. The molecule has 1 atom stereocenters. The Morgan fingerprint density at radius 2 is 2.33 bits per heavy atom. The van der Waals surface area contributed by atoms with Gasteiger partial charge in [-0.05, 0) is 24.6 Å². The van der Waals surface area contributed by atoms with Crippen molar-refractivity contribution in [1.82, 2.24) is 0 Å². The van der Waals surface area contributed by atoms with E-state index in [1.54, 1.807) is 0 Å². The van der Waals surface area contributed by atoms with E-state index in [1.807, 2.05) is 31.2 Å². The minimum atomic E-state index is -0.907. The number of rotatable bonds is 5. The van der Waals surface area contributed by atoms with Crippen molar-refractivity contribution in [2.24, 2.45) is 5.73 Å². The van der Waals surface area contributed by atoms with Gasteiger partial charge < -0.3 is 15.6 Å². The van der Waals surface area contributed by atoms with Crippen LogP contribution in [0.5, 0.6) is 5.75 Å². The predicted molar refractivity (Wildman–Crippen MR) is 56.9 cm³/mol. The summed E-state index contributed by atoms with van der Waals surface area (Å²) in [6, 6.07) is 7.08. The highest BCUT2D eigenvalue weighted by Crippen LogP contribution is 2.12. The van der Waals surface area contributed by atoms with E-state index in [0.29, 0.717) is 0 Å². The molecule has 0 saturated heterocycles. The molecular formula is C11H15NO3. The molecule has 0 aliphatic rings. The molecule has 0 fully saturated rings. The van der Waals surface area contributed by atoms with Gasteiger partial charge in [-0.2, -0.15) is 0 Å². The Hall–Kier alpha value is -1.55. The molecule has 0 amide bonds. The van der Waals surface area contributed by atoms with Gasteiger partial charge in [0.05, 0.1) is 6.42 Å². The Kier molecular flexibility index (Phi) is 4.12. The van der Waals surface area contributed by atoms with E-state index in [0.717, 1.165) is 11.3 Å². The molecule has 0 aliphatic carbocycles. The Balaban J connectivity index is 2.40. The van der Waals surface area contributed by atoms with Crippen LogP contribution in [0, 0.1) is 6.92 Å². The third-order valence-electron chi connectivity index (χ3n) is 1.89. The summed E-state index contributed by atoms with van der Waals surface area (Å²) in [4.78, 5) is 10.3. The first kappa shape index (κ1) is 11.5. The molecule has 4 nitrogen and oxygen atoms in total. The first-order valence-electron chi connectivity index (χ1n) is 4.75. The van der Waals surface area contributed by atoms with Crippen molar-refractivity contribution in [3.63, 3.8) is 0 Å². The molecule has 1 aromatic rings. The Bertz CT molecular complexity index is 338. The molecule has 0 aromatic heterocycles. The molecule has 0 radical (unpaired) electrons. The van der Waals surface area contributed by atoms with Crippen LogP contribution in [0.2, 0.25) is 0 Å². The minimum absolute atomic E-state index is 0.0776. The van der Waals surface area contributed by atoms with Crippen LogP contribution in [-0.2, 0) is 4.79 Å². The van der Waals surface area contributed by atoms with Gasteiger partial charge in [0.2, 0.25) is 0 Å². The molecule has 0 spiro atoms. The normalized spacial score (nSPS) is 12.1. The summed E-state index contributed by atoms with van der Waals surface area (Å²) in [5.74, 6) is -0.189. The lowest BCUT2D eigenvalue weighted by molar-refractivity contribution is -0.137.